The normalized spacial score (nSPS) is 19.9. The topological polar surface area (TPSA) is 482 Å². The van der Waals surface area contributed by atoms with E-state index >= 15 is 0 Å². The molecule has 0 aliphatic carbocycles. The number of halogens is 1. The van der Waals surface area contributed by atoms with E-state index in [4.69, 9.17) is 53.0 Å². The van der Waals surface area contributed by atoms with Crippen molar-refractivity contribution in [3.63, 3.8) is 0 Å². The van der Waals surface area contributed by atoms with Gasteiger partial charge in [-0.05, 0) is 239 Å². The molecule has 5 aliphatic rings. The first kappa shape index (κ1) is 147. The zero-order valence-corrected chi connectivity index (χ0v) is 96.5. The fourth-order valence-corrected chi connectivity index (χ4v) is 20.0. The minimum absolute atomic E-state index is 0.0255. The molecule has 5 heterocycles. The number of rotatable bonds is 40. The minimum Gasteiger partial charge on any atom is -0.412 e. The van der Waals surface area contributed by atoms with Gasteiger partial charge in [-0.3, -0.25) is 43.2 Å². The Bertz CT molecular complexity index is 4480. The molecular formula is C116H184BrO28PSi. The average Bonchev–Trinajstić information content (AvgIpc) is 1.23. The number of hydrogen-bond acceptors (Lipinski definition) is 28. The highest BCUT2D eigenvalue weighted by molar-refractivity contribution is 9.09. The van der Waals surface area contributed by atoms with Crippen LogP contribution < -0.4 is 15.9 Å². The van der Waals surface area contributed by atoms with Gasteiger partial charge in [-0.1, -0.05) is 200 Å². The molecule has 31 heteroatoms. The van der Waals surface area contributed by atoms with Crippen molar-refractivity contribution in [2.24, 2.45) is 0 Å². The first-order valence-electron chi connectivity index (χ1n) is 48.6. The molecule has 832 valence electrons. The number of allylic oxidation sites excluding steroid dienone is 7. The third-order valence-corrected chi connectivity index (χ3v) is 25.0. The standard InChI is InChI=1S/C24H25O2P.C10H16O3.C10H22OSi.C9H16O3.2C9H14O3.C9H16O3.C9H16O2.C9H14O2.C6H11BrO2.C6H12O2.2C3H4O/c1-24(2,26)18-20(25)19-27(21-12-6-3-7-13-21,22-14-8-4-9-15-22)23-16-10-5-11-17-23;1-4-7-8(11)10(6-12-10)5-9(2,3)13-7;1-9(2)8-10(3,4)11-12(5,6)7;2*1-4-7-8(12-7)6(10)5-9(2,3)11;1-4-7-8(11)6(10)5-9(2,3)12-7;1-4-7(10)5-8(11)6-9(2,3)12;2*1-4-5-6-8(10)7-9(2,3)11;1-6(2,9)3-5(8)4-7;1-5(7)4-6(2,3)8;2*1-2-3-4/h3-17,19,26H,18H2,1-2H3;4,7-8,11H,1,5-6H2,2-3H3;1,8H2,2-7H3;4,6-8,10-11H,1,5H2,2-3H3;2*4,7-8,11H,1,5H2,2-3H3;4,7,10,12H,1,5-6H2,2-3H3;4-6,8,10-11H,1,7H2,2-3H3;4-6,11H,1,7H2,2-3H3;9H,3-4H2,1-2H3;8H,4H2,1-3H3;2*2-3H,1H2/b;;;;;;;2*6-5+;;;;/t;7-,8-,10-;;6-,7-,8-;7-,8-;7-,8+;;;;;;;/m.1.001......./s1. The predicted octanol–water partition coefficient (Wildman–Crippen LogP) is 15.7. The Morgan fingerprint density at radius 3 is 1.18 bits per heavy atom. The van der Waals surface area contributed by atoms with E-state index in [-0.39, 0.29) is 139 Å². The number of aliphatic hydroxyl groups is 13. The molecule has 2 unspecified atom stereocenters. The summed E-state index contributed by atoms with van der Waals surface area (Å²) in [6.07, 6.45) is 19.2. The van der Waals surface area contributed by atoms with Gasteiger partial charge in [-0.25, -0.2) is 0 Å². The molecule has 28 nitrogen and oxygen atoms in total. The molecule has 5 fully saturated rings. The van der Waals surface area contributed by atoms with Crippen molar-refractivity contribution in [1.82, 2.24) is 0 Å². The second-order valence-corrected chi connectivity index (χ2v) is 52.4. The van der Waals surface area contributed by atoms with Gasteiger partial charge in [0.15, 0.2) is 31.5 Å². The van der Waals surface area contributed by atoms with Crippen LogP contribution in [0, 0.1) is 0 Å². The number of hydrogen-bond donors (Lipinski definition) is 13. The van der Waals surface area contributed by atoms with Gasteiger partial charge in [0, 0.05) is 70.6 Å². The van der Waals surface area contributed by atoms with Crippen molar-refractivity contribution in [2.45, 2.75) is 397 Å². The molecule has 3 aromatic rings. The van der Waals surface area contributed by atoms with Gasteiger partial charge in [0.2, 0.25) is 0 Å². The lowest BCUT2D eigenvalue weighted by atomic mass is 9.83. The Hall–Kier alpha value is -8.19. The Labute approximate surface area is 888 Å². The van der Waals surface area contributed by atoms with Crippen LogP contribution >= 0.6 is 22.8 Å². The molecule has 0 radical (unpaired) electrons. The lowest BCUT2D eigenvalue weighted by Gasteiger charge is -2.41. The summed E-state index contributed by atoms with van der Waals surface area (Å²) in [5, 5.41) is 125. The maximum atomic E-state index is 13.0. The Morgan fingerprint density at radius 2 is 0.878 bits per heavy atom. The molecule has 0 bridgehead atoms. The van der Waals surface area contributed by atoms with Gasteiger partial charge in [0.25, 0.3) is 0 Å². The Balaban J connectivity index is -0.000000508. The van der Waals surface area contributed by atoms with Crippen LogP contribution in [-0.2, 0) is 71.3 Å². The largest absolute Gasteiger partial charge is 0.412 e. The second kappa shape index (κ2) is 69.4. The monoisotopic (exact) mass is 2160 g/mol. The molecule has 1 spiro atoms. The zero-order chi connectivity index (χ0) is 116. The van der Waals surface area contributed by atoms with E-state index in [2.05, 4.69) is 159 Å². The highest BCUT2D eigenvalue weighted by Crippen LogP contribution is 2.47. The molecule has 8 rings (SSSR count). The lowest BCUT2D eigenvalue weighted by molar-refractivity contribution is -0.171. The first-order chi connectivity index (χ1) is 66.8. The van der Waals surface area contributed by atoms with Gasteiger partial charge in [0.05, 0.1) is 91.9 Å². The third kappa shape index (κ3) is 78.6. The second-order valence-electron chi connectivity index (χ2n) is 44.1. The number of carbonyl (C=O) groups is 9. The summed E-state index contributed by atoms with van der Waals surface area (Å²) >= 11 is 3.01. The zero-order valence-electron chi connectivity index (χ0n) is 93.0. The number of epoxide rings is 3. The fraction of sp³-hybridized carbons (Fsp3) is 0.552. The van der Waals surface area contributed by atoms with Crippen molar-refractivity contribution in [3.05, 3.63) is 241 Å². The molecule has 0 amide bonds. The summed E-state index contributed by atoms with van der Waals surface area (Å²) in [5.74, 6) is 1.44. The van der Waals surface area contributed by atoms with Gasteiger partial charge in [-0.15, -0.1) is 39.5 Å². The molecule has 12 atom stereocenters. The van der Waals surface area contributed by atoms with E-state index in [1.807, 2.05) is 88.1 Å². The van der Waals surface area contributed by atoms with Crippen molar-refractivity contribution in [2.75, 3.05) is 11.9 Å². The average molecular weight is 2170 g/mol. The van der Waals surface area contributed by atoms with E-state index in [0.717, 1.165) is 28.8 Å². The molecule has 5 saturated heterocycles. The maximum Gasteiger partial charge on any atom is 0.184 e. The lowest BCUT2D eigenvalue weighted by Crippen LogP contribution is -2.53. The number of Topliss-reactive ketones (excluding diaryl/α,β-unsaturated/α-hetero) is 6. The summed E-state index contributed by atoms with van der Waals surface area (Å²) in [4.78, 5) is 96.5. The van der Waals surface area contributed by atoms with Gasteiger partial charge in [0.1, 0.15) is 84.4 Å². The quantitative estimate of drug-likeness (QED) is 0.00367. The summed E-state index contributed by atoms with van der Waals surface area (Å²) in [6, 6.07) is 30.7. The molecule has 13 N–H and O–H groups in total. The summed E-state index contributed by atoms with van der Waals surface area (Å²) in [7, 11) is -1.40. The van der Waals surface area contributed by atoms with Crippen LogP contribution in [0.2, 0.25) is 19.6 Å². The first-order valence-corrected chi connectivity index (χ1v) is 55.0. The van der Waals surface area contributed by atoms with Gasteiger partial charge >= 0.3 is 0 Å². The van der Waals surface area contributed by atoms with E-state index in [1.54, 1.807) is 153 Å². The van der Waals surface area contributed by atoms with Crippen LogP contribution in [0.4, 0.5) is 0 Å². The SMILES string of the molecule is C=C(C)CC(C)(C)O[Si](C)(C)C.C=C/C=C/C(=O)CC(C)(C)O.C=C/C=C/C(O)CC(C)(C)O.C=CC(O)CC(=O)CC(C)(C)O.C=CC=O.C=CC=O.C=C[C@@H]1O[C@H]1C(=O)CC(C)(C)O.C=C[C@@H]1O[C@H]1[C@@H](O)CC(C)(C)O.C=C[C@H]1OC(C)(C)CC(=O)[C@@H]1O.C=C[C@H]1OC(C)(C)C[C@@]2(CO2)[C@@H]1O.CC(=O)CC(C)(C)O.CC(C)(O)CC(=O)C=P(c1ccccc1)(c1ccccc1)c1ccccc1.CC(C)(O)CC(=O)CBr. The highest BCUT2D eigenvalue weighted by Gasteiger charge is 2.60. The summed E-state index contributed by atoms with van der Waals surface area (Å²) < 4.78 is 32.5. The Kier molecular flexibility index (Phi) is 69.5. The van der Waals surface area contributed by atoms with Crippen molar-refractivity contribution >= 4 is 106 Å². The van der Waals surface area contributed by atoms with Crippen LogP contribution in [0.25, 0.3) is 0 Å². The predicted molar refractivity (Wildman–Crippen MR) is 601 cm³/mol. The van der Waals surface area contributed by atoms with Gasteiger partial charge in [-0.2, -0.15) is 0 Å². The third-order valence-electron chi connectivity index (χ3n) is 19.2. The van der Waals surface area contributed by atoms with Crippen LogP contribution in [0.1, 0.15) is 243 Å². The van der Waals surface area contributed by atoms with Crippen LogP contribution in [-0.4, -0.2) is 280 Å². The molecular weight excluding hydrogens is 1980 g/mol. The highest BCUT2D eigenvalue weighted by atomic mass is 79.9. The number of ether oxygens (including phenoxy) is 5. The van der Waals surface area contributed by atoms with Crippen molar-refractivity contribution < 1.29 is 138 Å². The molecule has 147 heavy (non-hydrogen) atoms. The molecule has 5 aliphatic heterocycles. The van der Waals surface area contributed by atoms with E-state index in [1.165, 1.54) is 49.0 Å². The number of carbonyl (C=O) groups excluding carboxylic acids is 9. The van der Waals surface area contributed by atoms with E-state index in [9.17, 15) is 84.6 Å². The summed E-state index contributed by atoms with van der Waals surface area (Å²) in [6.45, 7) is 81.1. The van der Waals surface area contributed by atoms with Crippen LogP contribution in [0.5, 0.6) is 0 Å². The summed E-state index contributed by atoms with van der Waals surface area (Å²) in [5.41, 5.74) is -7.10. The number of aliphatic hydroxyl groups excluding tert-OH is 5. The number of ketones is 7. The molecule has 0 saturated carbocycles. The smallest absolute Gasteiger partial charge is 0.184 e. The van der Waals surface area contributed by atoms with E-state index < -0.39 is 102 Å². The fourth-order valence-electron chi connectivity index (χ4n) is 14.3. The van der Waals surface area contributed by atoms with Crippen LogP contribution in [0.3, 0.4) is 0 Å². The Morgan fingerprint density at radius 1 is 0.497 bits per heavy atom. The maximum absolute atomic E-state index is 13.0. The minimum atomic E-state index is -2.28. The number of alkyl halides is 1. The molecule has 0 aromatic heterocycles. The number of benzene rings is 3. The van der Waals surface area contributed by atoms with Gasteiger partial charge < -0.3 is 94.5 Å². The van der Waals surface area contributed by atoms with Crippen molar-refractivity contribution in [1.29, 1.82) is 0 Å². The van der Waals surface area contributed by atoms with E-state index in [0.29, 0.717) is 37.4 Å². The van der Waals surface area contributed by atoms with Crippen LogP contribution in [0.15, 0.2) is 241 Å². The van der Waals surface area contributed by atoms with Crippen molar-refractivity contribution in [3.8, 4) is 0 Å². The number of aldehydes is 2. The molecule has 3 aromatic carbocycles.